The number of furan rings is 1. The Kier molecular flexibility index (Phi) is 5.05. The second-order valence-corrected chi connectivity index (χ2v) is 5.30. The summed E-state index contributed by atoms with van der Waals surface area (Å²) in [5.74, 6) is 1.51. The van der Waals surface area contributed by atoms with Crippen LogP contribution in [0.15, 0.2) is 57.7 Å². The number of aromatic nitrogens is 1. The van der Waals surface area contributed by atoms with Crippen molar-refractivity contribution in [2.75, 3.05) is 6.54 Å². The largest absolute Gasteiger partial charge is 0.469 e. The Morgan fingerprint density at radius 2 is 2.00 bits per heavy atom. The van der Waals surface area contributed by atoms with Gasteiger partial charge in [-0.2, -0.15) is 0 Å². The quantitative estimate of drug-likeness (QED) is 0.722. The number of hydrogen-bond acceptors (Lipinski definition) is 4. The molecule has 0 spiro atoms. The van der Waals surface area contributed by atoms with Crippen molar-refractivity contribution in [2.45, 2.75) is 19.3 Å². The van der Waals surface area contributed by atoms with Gasteiger partial charge in [-0.05, 0) is 36.4 Å². The molecule has 0 aliphatic rings. The fourth-order valence-corrected chi connectivity index (χ4v) is 2.26. The van der Waals surface area contributed by atoms with Gasteiger partial charge in [0, 0.05) is 31.4 Å². The summed E-state index contributed by atoms with van der Waals surface area (Å²) in [6.45, 7) is 0.527. The van der Waals surface area contributed by atoms with Crippen LogP contribution in [0.3, 0.4) is 0 Å². The predicted molar refractivity (Wildman–Crippen MR) is 85.6 cm³/mol. The van der Waals surface area contributed by atoms with Gasteiger partial charge in [0.05, 0.1) is 12.5 Å². The summed E-state index contributed by atoms with van der Waals surface area (Å²) in [5, 5.41) is 2.83. The Morgan fingerprint density at radius 1 is 1.17 bits per heavy atom. The Balaban J connectivity index is 1.44. The zero-order valence-corrected chi connectivity index (χ0v) is 13.0. The third-order valence-corrected chi connectivity index (χ3v) is 3.52. The molecule has 124 valence electrons. The number of carbonyl (C=O) groups excluding carboxylic acids is 1. The number of nitrogens with one attached hydrogen (secondary N) is 1. The number of aryl methyl sites for hydroxylation is 1. The molecule has 0 radical (unpaired) electrons. The Bertz CT molecular complexity index is 779. The van der Waals surface area contributed by atoms with E-state index >= 15 is 0 Å². The summed E-state index contributed by atoms with van der Waals surface area (Å²) in [5.41, 5.74) is 0.748. The van der Waals surface area contributed by atoms with Crippen LogP contribution >= 0.6 is 0 Å². The molecule has 0 aliphatic heterocycles. The molecule has 6 heteroatoms. The summed E-state index contributed by atoms with van der Waals surface area (Å²) in [6.07, 6.45) is 4.55. The maximum absolute atomic E-state index is 12.9. The number of hydrogen-bond donors (Lipinski definition) is 1. The first-order valence-corrected chi connectivity index (χ1v) is 7.70. The second-order valence-electron chi connectivity index (χ2n) is 5.30. The molecule has 0 atom stereocenters. The van der Waals surface area contributed by atoms with Gasteiger partial charge in [-0.25, -0.2) is 9.37 Å². The number of carbonyl (C=O) groups is 1. The maximum Gasteiger partial charge on any atom is 0.220 e. The third-order valence-electron chi connectivity index (χ3n) is 3.52. The molecule has 0 saturated carbocycles. The highest BCUT2D eigenvalue weighted by atomic mass is 19.1. The molecule has 5 nitrogen and oxygen atoms in total. The van der Waals surface area contributed by atoms with Gasteiger partial charge in [0.15, 0.2) is 11.7 Å². The third kappa shape index (κ3) is 4.32. The smallest absolute Gasteiger partial charge is 0.220 e. The zero-order chi connectivity index (χ0) is 16.8. The molecule has 3 rings (SSSR count). The predicted octanol–water partition coefficient (Wildman–Crippen LogP) is 3.37. The van der Waals surface area contributed by atoms with Crippen LogP contribution in [-0.2, 0) is 17.6 Å². The van der Waals surface area contributed by atoms with Gasteiger partial charge in [-0.1, -0.05) is 0 Å². The molecule has 0 bridgehead atoms. The van der Waals surface area contributed by atoms with Gasteiger partial charge in [-0.3, -0.25) is 4.79 Å². The van der Waals surface area contributed by atoms with E-state index < -0.39 is 0 Å². The van der Waals surface area contributed by atoms with E-state index in [0.717, 1.165) is 11.3 Å². The van der Waals surface area contributed by atoms with Crippen molar-refractivity contribution in [3.63, 3.8) is 0 Å². The van der Waals surface area contributed by atoms with Gasteiger partial charge >= 0.3 is 0 Å². The molecule has 24 heavy (non-hydrogen) atoms. The summed E-state index contributed by atoms with van der Waals surface area (Å²) >= 11 is 0. The lowest BCUT2D eigenvalue weighted by Crippen LogP contribution is -2.25. The van der Waals surface area contributed by atoms with Crippen molar-refractivity contribution in [1.29, 1.82) is 0 Å². The summed E-state index contributed by atoms with van der Waals surface area (Å²) in [7, 11) is 0. The molecule has 1 N–H and O–H groups in total. The average molecular weight is 328 g/mol. The molecule has 2 aromatic heterocycles. The minimum Gasteiger partial charge on any atom is -0.469 e. The maximum atomic E-state index is 12.9. The van der Waals surface area contributed by atoms with E-state index in [1.165, 1.54) is 12.1 Å². The first-order chi connectivity index (χ1) is 11.7. The molecule has 0 unspecified atom stereocenters. The monoisotopic (exact) mass is 328 g/mol. The first-order valence-electron chi connectivity index (χ1n) is 7.70. The molecule has 0 aliphatic carbocycles. The highest BCUT2D eigenvalue weighted by Crippen LogP contribution is 2.21. The van der Waals surface area contributed by atoms with Crippen molar-refractivity contribution in [3.05, 3.63) is 66.3 Å². The van der Waals surface area contributed by atoms with Crippen molar-refractivity contribution in [2.24, 2.45) is 0 Å². The van der Waals surface area contributed by atoms with E-state index in [1.807, 2.05) is 12.1 Å². The van der Waals surface area contributed by atoms with Crippen molar-refractivity contribution in [3.8, 4) is 11.3 Å². The Morgan fingerprint density at radius 3 is 2.75 bits per heavy atom. The lowest BCUT2D eigenvalue weighted by molar-refractivity contribution is -0.121. The molecule has 1 aromatic carbocycles. The average Bonchev–Trinajstić information content (AvgIpc) is 3.25. The van der Waals surface area contributed by atoms with Crippen molar-refractivity contribution in [1.82, 2.24) is 10.3 Å². The number of amides is 1. The van der Waals surface area contributed by atoms with E-state index in [9.17, 15) is 9.18 Å². The fraction of sp³-hybridized carbons (Fsp3) is 0.222. The second kappa shape index (κ2) is 7.59. The van der Waals surface area contributed by atoms with E-state index in [0.29, 0.717) is 37.5 Å². The number of oxazole rings is 1. The van der Waals surface area contributed by atoms with Crippen LogP contribution in [0.4, 0.5) is 4.39 Å². The van der Waals surface area contributed by atoms with Crippen molar-refractivity contribution < 1.29 is 18.0 Å². The van der Waals surface area contributed by atoms with Crippen LogP contribution in [0.5, 0.6) is 0 Å². The van der Waals surface area contributed by atoms with E-state index in [-0.39, 0.29) is 11.7 Å². The number of rotatable bonds is 7. The van der Waals surface area contributed by atoms with Crippen LogP contribution in [0.1, 0.15) is 18.1 Å². The minimum absolute atomic E-state index is 0.0666. The minimum atomic E-state index is -0.301. The molecule has 2 heterocycles. The van der Waals surface area contributed by atoms with Crippen LogP contribution in [0.2, 0.25) is 0 Å². The topological polar surface area (TPSA) is 68.3 Å². The normalized spacial score (nSPS) is 10.7. The summed E-state index contributed by atoms with van der Waals surface area (Å²) in [6, 6.07) is 9.67. The molecule has 0 saturated heterocycles. The number of halogens is 1. The van der Waals surface area contributed by atoms with Gasteiger partial charge in [0.2, 0.25) is 5.91 Å². The molecule has 3 aromatic rings. The van der Waals surface area contributed by atoms with Crippen LogP contribution in [-0.4, -0.2) is 17.4 Å². The van der Waals surface area contributed by atoms with Crippen molar-refractivity contribution >= 4 is 5.91 Å². The van der Waals surface area contributed by atoms with Crippen LogP contribution in [0, 0.1) is 5.82 Å². The summed E-state index contributed by atoms with van der Waals surface area (Å²) in [4.78, 5) is 16.0. The number of benzene rings is 1. The lowest BCUT2D eigenvalue weighted by Gasteiger charge is -2.02. The van der Waals surface area contributed by atoms with Crippen LogP contribution < -0.4 is 5.32 Å². The van der Waals surface area contributed by atoms with Gasteiger partial charge in [0.1, 0.15) is 11.6 Å². The van der Waals surface area contributed by atoms with Crippen LogP contribution in [0.25, 0.3) is 11.3 Å². The Hall–Kier alpha value is -2.89. The fourth-order valence-electron chi connectivity index (χ4n) is 2.26. The Labute approximate surface area is 138 Å². The van der Waals surface area contributed by atoms with E-state index in [1.54, 1.807) is 24.6 Å². The first kappa shape index (κ1) is 16.0. The highest BCUT2D eigenvalue weighted by Gasteiger charge is 2.09. The van der Waals surface area contributed by atoms with E-state index in [4.69, 9.17) is 8.83 Å². The highest BCUT2D eigenvalue weighted by molar-refractivity contribution is 5.76. The number of nitrogens with zero attached hydrogens (tertiary/aromatic N) is 1. The van der Waals surface area contributed by atoms with Gasteiger partial charge in [-0.15, -0.1) is 0 Å². The van der Waals surface area contributed by atoms with Gasteiger partial charge in [0.25, 0.3) is 0 Å². The van der Waals surface area contributed by atoms with E-state index in [2.05, 4.69) is 10.3 Å². The summed E-state index contributed by atoms with van der Waals surface area (Å²) < 4.78 is 23.7. The molecule has 0 fully saturated rings. The molecular weight excluding hydrogens is 311 g/mol. The lowest BCUT2D eigenvalue weighted by atomic mass is 10.2. The SMILES string of the molecule is O=C(CCc1ncc(-c2ccc(F)cc2)o1)NCCc1ccco1. The standard InChI is InChI=1S/C18H17FN2O3/c19-14-5-3-13(4-6-14)16-12-21-18(24-16)8-7-17(22)20-10-9-15-2-1-11-23-15/h1-6,11-12H,7-10H2,(H,20,22). The van der Waals surface area contributed by atoms with Gasteiger partial charge < -0.3 is 14.2 Å². The molecule has 1 amide bonds. The molecular formula is C18H17FN2O3. The zero-order valence-electron chi connectivity index (χ0n) is 13.0.